The predicted molar refractivity (Wildman–Crippen MR) is 48.9 cm³/mol. The molecule has 0 saturated carbocycles. The van der Waals surface area contributed by atoms with Crippen molar-refractivity contribution in [1.29, 1.82) is 0 Å². The molecule has 7 heteroatoms. The van der Waals surface area contributed by atoms with Crippen LogP contribution in [0, 0.1) is 6.92 Å². The van der Waals surface area contributed by atoms with Crippen molar-refractivity contribution in [3.8, 4) is 0 Å². The lowest BCUT2D eigenvalue weighted by Crippen LogP contribution is -2.31. The number of esters is 1. The molecule has 0 aromatic carbocycles. The molecule has 1 atom stereocenters. The molecule has 1 aromatic rings. The number of carbonyl (C=O) groups excluding carboxylic acids is 1. The molecule has 0 bridgehead atoms. The van der Waals surface area contributed by atoms with Gasteiger partial charge in [-0.05, 0) is 13.8 Å². The first-order chi connectivity index (χ1) is 7.21. The summed E-state index contributed by atoms with van der Waals surface area (Å²) in [6, 6.07) is 0. The minimum atomic E-state index is -4.55. The van der Waals surface area contributed by atoms with E-state index in [1.165, 1.54) is 17.8 Å². The van der Waals surface area contributed by atoms with Crippen LogP contribution >= 0.6 is 0 Å². The van der Waals surface area contributed by atoms with E-state index in [0.717, 1.165) is 6.92 Å². The van der Waals surface area contributed by atoms with Gasteiger partial charge in [-0.2, -0.15) is 18.3 Å². The lowest BCUT2D eigenvalue weighted by Gasteiger charge is -2.15. The fourth-order valence-corrected chi connectivity index (χ4v) is 1.09. The Kier molecular flexibility index (Phi) is 3.25. The summed E-state index contributed by atoms with van der Waals surface area (Å²) < 4.78 is 42.0. The van der Waals surface area contributed by atoms with Crippen molar-refractivity contribution in [3.63, 3.8) is 0 Å². The summed E-state index contributed by atoms with van der Waals surface area (Å²) >= 11 is 0. The van der Waals surface area contributed by atoms with Gasteiger partial charge in [-0.15, -0.1) is 0 Å². The Hall–Kier alpha value is -1.53. The van der Waals surface area contributed by atoms with Gasteiger partial charge < -0.3 is 4.74 Å². The average molecular weight is 236 g/mol. The minimum absolute atomic E-state index is 0.0404. The monoisotopic (exact) mass is 236 g/mol. The van der Waals surface area contributed by atoms with Crippen LogP contribution in [0.2, 0.25) is 0 Å². The van der Waals surface area contributed by atoms with Gasteiger partial charge in [0.15, 0.2) is 6.10 Å². The number of carbonyl (C=O) groups is 1. The van der Waals surface area contributed by atoms with Crippen molar-refractivity contribution in [1.82, 2.24) is 9.78 Å². The first-order valence-corrected chi connectivity index (χ1v) is 4.49. The van der Waals surface area contributed by atoms with Crippen LogP contribution in [-0.4, -0.2) is 28.0 Å². The molecule has 0 N–H and O–H groups in total. The second-order valence-electron chi connectivity index (χ2n) is 3.39. The second-order valence-corrected chi connectivity index (χ2v) is 3.39. The first-order valence-electron chi connectivity index (χ1n) is 4.49. The summed E-state index contributed by atoms with van der Waals surface area (Å²) in [6.07, 6.45) is -5.35. The fourth-order valence-electron chi connectivity index (χ4n) is 1.09. The molecule has 4 nitrogen and oxygen atoms in total. The number of ether oxygens (including phenoxy) is 1. The molecule has 1 aromatic heterocycles. The molecule has 90 valence electrons. The summed E-state index contributed by atoms with van der Waals surface area (Å²) in [6.45, 7) is 2.30. The quantitative estimate of drug-likeness (QED) is 0.736. The van der Waals surface area contributed by atoms with Crippen LogP contribution in [0.4, 0.5) is 13.2 Å². The lowest BCUT2D eigenvalue weighted by atomic mass is 10.2. The summed E-state index contributed by atoms with van der Waals surface area (Å²) in [4.78, 5) is 11.4. The molecule has 16 heavy (non-hydrogen) atoms. The maximum absolute atomic E-state index is 12.1. The van der Waals surface area contributed by atoms with Gasteiger partial charge in [0.25, 0.3) is 0 Å². The second kappa shape index (κ2) is 4.15. The number of halogens is 3. The third-order valence-electron chi connectivity index (χ3n) is 1.98. The van der Waals surface area contributed by atoms with Gasteiger partial charge in [0.1, 0.15) is 5.56 Å². The number of rotatable bonds is 2. The van der Waals surface area contributed by atoms with Crippen molar-refractivity contribution < 1.29 is 22.7 Å². The van der Waals surface area contributed by atoms with Crippen LogP contribution in [-0.2, 0) is 11.8 Å². The van der Waals surface area contributed by atoms with E-state index in [9.17, 15) is 18.0 Å². The van der Waals surface area contributed by atoms with E-state index in [4.69, 9.17) is 0 Å². The van der Waals surface area contributed by atoms with Gasteiger partial charge in [-0.1, -0.05) is 0 Å². The Morgan fingerprint density at radius 3 is 2.50 bits per heavy atom. The lowest BCUT2D eigenvalue weighted by molar-refractivity contribution is -0.198. The number of nitrogens with zero attached hydrogens (tertiary/aromatic N) is 2. The standard InChI is InChI=1S/C9H11F3N2O2/c1-5-7(4-14(3)13-5)8(15)16-6(2)9(10,11)12/h4,6H,1-3H3/t6-/m0/s1. The Morgan fingerprint density at radius 2 is 2.12 bits per heavy atom. The molecule has 1 rings (SSSR count). The van der Waals surface area contributed by atoms with Gasteiger partial charge >= 0.3 is 12.1 Å². The zero-order valence-electron chi connectivity index (χ0n) is 9.00. The van der Waals surface area contributed by atoms with Gasteiger partial charge in [0, 0.05) is 13.2 Å². The van der Waals surface area contributed by atoms with E-state index in [1.807, 2.05) is 0 Å². The Balaban J connectivity index is 2.77. The number of alkyl halides is 3. The van der Waals surface area contributed by atoms with E-state index in [2.05, 4.69) is 9.84 Å². The molecule has 0 radical (unpaired) electrons. The third kappa shape index (κ3) is 2.74. The average Bonchev–Trinajstić information content (AvgIpc) is 2.43. The highest BCUT2D eigenvalue weighted by Gasteiger charge is 2.39. The van der Waals surface area contributed by atoms with Crippen LogP contribution in [0.5, 0.6) is 0 Å². The van der Waals surface area contributed by atoms with E-state index in [0.29, 0.717) is 5.69 Å². The first kappa shape index (κ1) is 12.5. The molecule has 0 saturated heterocycles. The van der Waals surface area contributed by atoms with Crippen molar-refractivity contribution in [2.24, 2.45) is 7.05 Å². The molecule has 0 aliphatic rings. The van der Waals surface area contributed by atoms with Crippen molar-refractivity contribution in [3.05, 3.63) is 17.5 Å². The zero-order valence-corrected chi connectivity index (χ0v) is 9.00. The number of aryl methyl sites for hydroxylation is 2. The molecule has 1 heterocycles. The number of hydrogen-bond acceptors (Lipinski definition) is 3. The number of hydrogen-bond donors (Lipinski definition) is 0. The van der Waals surface area contributed by atoms with E-state index in [1.54, 1.807) is 7.05 Å². The minimum Gasteiger partial charge on any atom is -0.449 e. The Bertz CT molecular complexity index is 398. The van der Waals surface area contributed by atoms with Gasteiger partial charge in [0.05, 0.1) is 5.69 Å². The molecular weight excluding hydrogens is 225 g/mol. The van der Waals surface area contributed by atoms with Gasteiger partial charge in [0.2, 0.25) is 0 Å². The summed E-state index contributed by atoms with van der Waals surface area (Å²) in [5.41, 5.74) is 0.375. The summed E-state index contributed by atoms with van der Waals surface area (Å²) in [7, 11) is 1.57. The highest BCUT2D eigenvalue weighted by molar-refractivity contribution is 5.90. The van der Waals surface area contributed by atoms with Gasteiger partial charge in [-0.25, -0.2) is 4.79 Å². The number of aromatic nitrogens is 2. The van der Waals surface area contributed by atoms with Crippen molar-refractivity contribution in [2.75, 3.05) is 0 Å². The highest BCUT2D eigenvalue weighted by Crippen LogP contribution is 2.23. The largest absolute Gasteiger partial charge is 0.449 e. The van der Waals surface area contributed by atoms with Crippen LogP contribution in [0.3, 0.4) is 0 Å². The Labute approximate surface area is 90.0 Å². The maximum atomic E-state index is 12.1. The molecule has 0 amide bonds. The highest BCUT2D eigenvalue weighted by atomic mass is 19.4. The molecule has 0 fully saturated rings. The fraction of sp³-hybridized carbons (Fsp3) is 0.556. The van der Waals surface area contributed by atoms with E-state index >= 15 is 0 Å². The van der Waals surface area contributed by atoms with E-state index in [-0.39, 0.29) is 5.56 Å². The predicted octanol–water partition coefficient (Wildman–Crippen LogP) is 1.84. The van der Waals surface area contributed by atoms with Crippen LogP contribution in [0.15, 0.2) is 6.20 Å². The van der Waals surface area contributed by atoms with Crippen molar-refractivity contribution in [2.45, 2.75) is 26.1 Å². The van der Waals surface area contributed by atoms with Crippen LogP contribution in [0.1, 0.15) is 23.0 Å². The maximum Gasteiger partial charge on any atom is 0.425 e. The molecular formula is C9H11F3N2O2. The molecule has 0 aliphatic carbocycles. The van der Waals surface area contributed by atoms with Crippen LogP contribution < -0.4 is 0 Å². The Morgan fingerprint density at radius 1 is 1.56 bits per heavy atom. The smallest absolute Gasteiger partial charge is 0.425 e. The molecule has 0 spiro atoms. The normalized spacial score (nSPS) is 13.6. The topological polar surface area (TPSA) is 44.1 Å². The van der Waals surface area contributed by atoms with E-state index < -0.39 is 18.2 Å². The molecule has 0 aliphatic heterocycles. The van der Waals surface area contributed by atoms with Gasteiger partial charge in [-0.3, -0.25) is 4.68 Å². The third-order valence-corrected chi connectivity index (χ3v) is 1.98. The van der Waals surface area contributed by atoms with Crippen molar-refractivity contribution >= 4 is 5.97 Å². The summed E-state index contributed by atoms with van der Waals surface area (Å²) in [5, 5.41) is 3.84. The summed E-state index contributed by atoms with van der Waals surface area (Å²) in [5.74, 6) is -1.02. The SMILES string of the molecule is Cc1nn(C)cc1C(=O)O[C@@H](C)C(F)(F)F. The molecule has 0 unspecified atom stereocenters. The van der Waals surface area contributed by atoms with Crippen LogP contribution in [0.25, 0.3) is 0 Å². The zero-order chi connectivity index (χ0) is 12.5.